The summed E-state index contributed by atoms with van der Waals surface area (Å²) in [6, 6.07) is 4.45. The number of aromatic nitrogens is 1. The molecule has 0 radical (unpaired) electrons. The van der Waals surface area contributed by atoms with Gasteiger partial charge in [0.1, 0.15) is 5.69 Å². The Kier molecular flexibility index (Phi) is 2.91. The molecule has 2 N–H and O–H groups in total. The van der Waals surface area contributed by atoms with Crippen LogP contribution in [0.15, 0.2) is 12.1 Å². The summed E-state index contributed by atoms with van der Waals surface area (Å²) in [4.78, 5) is 18.5. The van der Waals surface area contributed by atoms with Crippen molar-refractivity contribution in [1.82, 2.24) is 15.6 Å². The Morgan fingerprint density at radius 1 is 1.56 bits per heavy atom. The second-order valence-corrected chi connectivity index (χ2v) is 4.83. The fourth-order valence-corrected chi connectivity index (χ4v) is 2.83. The lowest BCUT2D eigenvalue weighted by Crippen LogP contribution is -2.53. The van der Waals surface area contributed by atoms with Gasteiger partial charge in [0.05, 0.1) is 11.4 Å². The lowest BCUT2D eigenvalue weighted by Gasteiger charge is -2.42. The smallest absolute Gasteiger partial charge is 0.269 e. The SMILES string of the molecule is CNC(=O)c1ccc2c(n1)CCC1CNCCN21. The molecule has 0 bridgehead atoms. The van der Waals surface area contributed by atoms with Crippen molar-refractivity contribution in [2.45, 2.75) is 18.9 Å². The molecule has 1 amide bonds. The van der Waals surface area contributed by atoms with Crippen LogP contribution in [0.3, 0.4) is 0 Å². The molecule has 2 aliphatic rings. The number of piperazine rings is 1. The number of pyridine rings is 1. The summed E-state index contributed by atoms with van der Waals surface area (Å²) in [5.41, 5.74) is 2.79. The van der Waals surface area contributed by atoms with Gasteiger partial charge < -0.3 is 15.5 Å². The van der Waals surface area contributed by atoms with Gasteiger partial charge in [-0.3, -0.25) is 4.79 Å². The van der Waals surface area contributed by atoms with Gasteiger partial charge in [0.15, 0.2) is 0 Å². The average molecular weight is 246 g/mol. The Bertz CT molecular complexity index is 474. The van der Waals surface area contributed by atoms with Crippen molar-refractivity contribution in [3.05, 3.63) is 23.5 Å². The number of nitrogens with zero attached hydrogens (tertiary/aromatic N) is 2. The zero-order valence-electron chi connectivity index (χ0n) is 10.6. The molecule has 0 aromatic carbocycles. The molecule has 3 heterocycles. The van der Waals surface area contributed by atoms with Crippen molar-refractivity contribution in [1.29, 1.82) is 0 Å². The normalized spacial score (nSPS) is 22.1. The van der Waals surface area contributed by atoms with Gasteiger partial charge in [-0.15, -0.1) is 0 Å². The van der Waals surface area contributed by atoms with E-state index in [1.165, 1.54) is 5.69 Å². The van der Waals surface area contributed by atoms with E-state index in [1.54, 1.807) is 7.05 Å². The molecule has 1 unspecified atom stereocenters. The Hall–Kier alpha value is -1.62. The van der Waals surface area contributed by atoms with Crippen LogP contribution in [-0.2, 0) is 6.42 Å². The van der Waals surface area contributed by atoms with Gasteiger partial charge in [0.25, 0.3) is 5.91 Å². The number of nitrogens with one attached hydrogen (secondary N) is 2. The number of rotatable bonds is 1. The van der Waals surface area contributed by atoms with Gasteiger partial charge in [-0.1, -0.05) is 0 Å². The predicted molar refractivity (Wildman–Crippen MR) is 70.0 cm³/mol. The summed E-state index contributed by atoms with van der Waals surface area (Å²) < 4.78 is 0. The number of anilines is 1. The number of hydrogen-bond acceptors (Lipinski definition) is 4. The van der Waals surface area contributed by atoms with Crippen LogP contribution in [0.2, 0.25) is 0 Å². The molecule has 18 heavy (non-hydrogen) atoms. The van der Waals surface area contributed by atoms with E-state index in [1.807, 2.05) is 12.1 Å². The van der Waals surface area contributed by atoms with E-state index in [9.17, 15) is 4.79 Å². The van der Waals surface area contributed by atoms with E-state index >= 15 is 0 Å². The number of carbonyl (C=O) groups excluding carboxylic acids is 1. The fraction of sp³-hybridized carbons (Fsp3) is 0.538. The van der Waals surface area contributed by atoms with Crippen LogP contribution < -0.4 is 15.5 Å². The predicted octanol–water partition coefficient (Wildman–Crippen LogP) is 0.166. The minimum absolute atomic E-state index is 0.111. The Balaban J connectivity index is 1.93. The summed E-state index contributed by atoms with van der Waals surface area (Å²) in [7, 11) is 1.63. The van der Waals surface area contributed by atoms with Crippen molar-refractivity contribution in [3.63, 3.8) is 0 Å². The monoisotopic (exact) mass is 246 g/mol. The highest BCUT2D eigenvalue weighted by Crippen LogP contribution is 2.30. The van der Waals surface area contributed by atoms with Gasteiger partial charge in [0.2, 0.25) is 0 Å². The third-order valence-corrected chi connectivity index (χ3v) is 3.78. The Labute approximate surface area is 107 Å². The molecule has 1 aromatic rings. The quantitative estimate of drug-likeness (QED) is 0.741. The Morgan fingerprint density at radius 2 is 2.44 bits per heavy atom. The number of fused-ring (bicyclic) bond motifs is 3. The lowest BCUT2D eigenvalue weighted by molar-refractivity contribution is 0.0958. The second kappa shape index (κ2) is 4.57. The van der Waals surface area contributed by atoms with Crippen LogP contribution in [0.1, 0.15) is 22.6 Å². The minimum Gasteiger partial charge on any atom is -0.365 e. The van der Waals surface area contributed by atoms with Crippen molar-refractivity contribution >= 4 is 11.6 Å². The first kappa shape index (κ1) is 11.5. The van der Waals surface area contributed by atoms with E-state index in [2.05, 4.69) is 20.5 Å². The molecule has 1 atom stereocenters. The first-order chi connectivity index (χ1) is 8.79. The van der Waals surface area contributed by atoms with Crippen molar-refractivity contribution < 1.29 is 4.79 Å². The van der Waals surface area contributed by atoms with E-state index < -0.39 is 0 Å². The fourth-order valence-electron chi connectivity index (χ4n) is 2.83. The molecule has 0 saturated carbocycles. The van der Waals surface area contributed by atoms with E-state index in [0.717, 1.165) is 38.2 Å². The molecule has 1 aromatic heterocycles. The Morgan fingerprint density at radius 3 is 3.28 bits per heavy atom. The maximum atomic E-state index is 11.6. The molecule has 96 valence electrons. The largest absolute Gasteiger partial charge is 0.365 e. The average Bonchev–Trinajstić information content (AvgIpc) is 2.45. The summed E-state index contributed by atoms with van der Waals surface area (Å²) >= 11 is 0. The van der Waals surface area contributed by atoms with Crippen molar-refractivity contribution in [3.8, 4) is 0 Å². The maximum Gasteiger partial charge on any atom is 0.269 e. The molecule has 2 aliphatic heterocycles. The summed E-state index contributed by atoms with van der Waals surface area (Å²) in [6.07, 6.45) is 2.08. The molecule has 3 rings (SSSR count). The molecular weight excluding hydrogens is 228 g/mol. The summed E-state index contributed by atoms with van der Waals surface area (Å²) in [5.74, 6) is -0.111. The highest BCUT2D eigenvalue weighted by atomic mass is 16.1. The van der Waals surface area contributed by atoms with Crippen LogP contribution in [0.4, 0.5) is 5.69 Å². The van der Waals surface area contributed by atoms with Crippen molar-refractivity contribution in [2.24, 2.45) is 0 Å². The third kappa shape index (κ3) is 1.84. The topological polar surface area (TPSA) is 57.3 Å². The van der Waals surface area contributed by atoms with Gasteiger partial charge in [-0.05, 0) is 25.0 Å². The van der Waals surface area contributed by atoms with E-state index in [0.29, 0.717) is 11.7 Å². The standard InChI is InChI=1S/C13H18N4O/c1-14-13(18)11-4-5-12-10(16-11)3-2-9-8-15-6-7-17(9)12/h4-5,9,15H,2-3,6-8H2,1H3,(H,14,18). The van der Waals surface area contributed by atoms with E-state index in [4.69, 9.17) is 0 Å². The van der Waals surface area contributed by atoms with Gasteiger partial charge in [0, 0.05) is 32.7 Å². The van der Waals surface area contributed by atoms with Crippen LogP contribution in [-0.4, -0.2) is 43.6 Å². The molecule has 0 aliphatic carbocycles. The number of hydrogen-bond donors (Lipinski definition) is 2. The third-order valence-electron chi connectivity index (χ3n) is 3.78. The first-order valence-electron chi connectivity index (χ1n) is 6.49. The summed E-state index contributed by atoms with van der Waals surface area (Å²) in [6.45, 7) is 3.10. The van der Waals surface area contributed by atoms with Crippen LogP contribution in [0.5, 0.6) is 0 Å². The highest BCUT2D eigenvalue weighted by molar-refractivity contribution is 5.92. The maximum absolute atomic E-state index is 11.6. The zero-order chi connectivity index (χ0) is 12.5. The molecule has 0 spiro atoms. The molecule has 5 heteroatoms. The van der Waals surface area contributed by atoms with Gasteiger partial charge in [-0.2, -0.15) is 0 Å². The van der Waals surface area contributed by atoms with Crippen LogP contribution >= 0.6 is 0 Å². The number of amides is 1. The van der Waals surface area contributed by atoms with Crippen molar-refractivity contribution in [2.75, 3.05) is 31.6 Å². The van der Waals surface area contributed by atoms with Crippen LogP contribution in [0.25, 0.3) is 0 Å². The minimum atomic E-state index is -0.111. The van der Waals surface area contributed by atoms with Gasteiger partial charge >= 0.3 is 0 Å². The zero-order valence-corrected chi connectivity index (χ0v) is 10.6. The molecule has 1 saturated heterocycles. The lowest BCUT2D eigenvalue weighted by atomic mass is 9.97. The molecular formula is C13H18N4O. The van der Waals surface area contributed by atoms with Crippen LogP contribution in [0, 0.1) is 0 Å². The van der Waals surface area contributed by atoms with E-state index in [-0.39, 0.29) is 5.91 Å². The van der Waals surface area contributed by atoms with Gasteiger partial charge in [-0.25, -0.2) is 4.98 Å². The number of aryl methyl sites for hydroxylation is 1. The number of carbonyl (C=O) groups is 1. The molecule has 1 fully saturated rings. The summed E-state index contributed by atoms with van der Waals surface area (Å²) in [5, 5.41) is 6.05. The first-order valence-corrected chi connectivity index (χ1v) is 6.49. The second-order valence-electron chi connectivity index (χ2n) is 4.83. The molecule has 5 nitrogen and oxygen atoms in total. The highest BCUT2D eigenvalue weighted by Gasteiger charge is 2.29.